The number of hydrogen-bond acceptors (Lipinski definition) is 4. The summed E-state index contributed by atoms with van der Waals surface area (Å²) in [5.74, 6) is -1.13. The van der Waals surface area contributed by atoms with Crippen molar-refractivity contribution in [1.82, 2.24) is 9.97 Å². The third kappa shape index (κ3) is 6.37. The van der Waals surface area contributed by atoms with E-state index < -0.39 is 11.7 Å². The van der Waals surface area contributed by atoms with Gasteiger partial charge in [-0.1, -0.05) is 124 Å². The van der Waals surface area contributed by atoms with Crippen LogP contribution in [0.5, 0.6) is 5.75 Å². The van der Waals surface area contributed by atoms with Gasteiger partial charge in [0.25, 0.3) is 0 Å². The second kappa shape index (κ2) is 13.6. The van der Waals surface area contributed by atoms with Crippen molar-refractivity contribution >= 4 is 21.6 Å². The van der Waals surface area contributed by atoms with Gasteiger partial charge in [0.05, 0.1) is 17.3 Å². The molecule has 6 heteroatoms. The average Bonchev–Trinajstić information content (AvgIpc) is 3.53. The van der Waals surface area contributed by atoms with Gasteiger partial charge >= 0.3 is 0 Å². The van der Waals surface area contributed by atoms with Crippen LogP contribution in [0.3, 0.4) is 0 Å². The Labute approximate surface area is 300 Å². The van der Waals surface area contributed by atoms with Gasteiger partial charge in [-0.25, -0.2) is 9.37 Å². The van der Waals surface area contributed by atoms with Gasteiger partial charge in [-0.2, -0.15) is 0 Å². The Morgan fingerprint density at radius 1 is 0.792 bits per heavy atom. The van der Waals surface area contributed by atoms with Crippen LogP contribution >= 0.6 is 11.3 Å². The monoisotopic (exact) mass is 829 g/mol. The number of nitrogens with zero attached hydrogens (tertiary/aromatic N) is 2. The maximum absolute atomic E-state index is 15.0. The first-order chi connectivity index (χ1) is 23.0. The minimum absolute atomic E-state index is 0. The third-order valence-corrected chi connectivity index (χ3v) is 9.87. The van der Waals surface area contributed by atoms with E-state index in [1.807, 2.05) is 105 Å². The molecule has 0 bridgehead atoms. The summed E-state index contributed by atoms with van der Waals surface area (Å²) in [5.41, 5.74) is 8.19. The maximum Gasteiger partial charge on any atom is 0.147 e. The number of phenolic OH excluding ortho intramolecular Hbond substituents is 1. The van der Waals surface area contributed by atoms with Crippen molar-refractivity contribution in [3.63, 3.8) is 0 Å². The molecule has 0 aliphatic carbocycles. The van der Waals surface area contributed by atoms with Crippen LogP contribution in [0, 0.1) is 11.9 Å². The van der Waals surface area contributed by atoms with Crippen LogP contribution in [0.25, 0.3) is 54.3 Å². The van der Waals surface area contributed by atoms with E-state index in [4.69, 9.17) is 6.35 Å². The second-order valence-electron chi connectivity index (χ2n) is 12.5. The van der Waals surface area contributed by atoms with Crippen molar-refractivity contribution in [3.8, 4) is 49.8 Å². The van der Waals surface area contributed by atoms with Crippen molar-refractivity contribution in [2.24, 2.45) is 0 Å². The fraction of sp³-hybridized carbons (Fsp3) is 0.143. The van der Waals surface area contributed by atoms with Crippen LogP contribution in [0.1, 0.15) is 51.7 Å². The van der Waals surface area contributed by atoms with E-state index in [-0.39, 0.29) is 32.2 Å². The van der Waals surface area contributed by atoms with Gasteiger partial charge in [0.2, 0.25) is 0 Å². The standard InChI is InChI=1S/C42H34FN2OS.Pt/c1-26(2)28-20-29(22-30(21-28)37-24-35(36(43)25-44-37)27-12-7-5-8-13-27)33-16-11-17-39-40(33)45-41(47-39)34-19-18-32(23-38(34)46)42(3,4)31-14-9-6-10-15-31;/h5-21,23-26,46H,1-4H3;/q-1;/i26D;. The quantitative estimate of drug-likeness (QED) is 0.163. The smallest absolute Gasteiger partial charge is 0.147 e. The zero-order valence-electron chi connectivity index (χ0n) is 28.0. The van der Waals surface area contributed by atoms with Crippen LogP contribution in [0.4, 0.5) is 4.39 Å². The van der Waals surface area contributed by atoms with Gasteiger partial charge < -0.3 is 5.11 Å². The van der Waals surface area contributed by atoms with E-state index in [2.05, 4.69) is 43.1 Å². The van der Waals surface area contributed by atoms with Crippen molar-refractivity contribution in [3.05, 3.63) is 150 Å². The second-order valence-corrected chi connectivity index (χ2v) is 13.5. The van der Waals surface area contributed by atoms with E-state index in [9.17, 15) is 9.50 Å². The number of hydrogen-bond donors (Lipinski definition) is 1. The summed E-state index contributed by atoms with van der Waals surface area (Å²) in [6.07, 6.45) is 1.25. The van der Waals surface area contributed by atoms with Crippen molar-refractivity contribution in [2.45, 2.75) is 39.0 Å². The third-order valence-electron chi connectivity index (χ3n) is 8.82. The molecular formula is C42H34FN2OPtS-. The number of para-hydroxylation sites is 1. The molecule has 0 aliphatic rings. The van der Waals surface area contributed by atoms with Gasteiger partial charge in [-0.05, 0) is 40.8 Å². The largest absolute Gasteiger partial charge is 0.507 e. The molecule has 0 saturated carbocycles. The molecule has 5 aromatic carbocycles. The van der Waals surface area contributed by atoms with Crippen molar-refractivity contribution in [1.29, 1.82) is 0 Å². The molecular weight excluding hydrogens is 795 g/mol. The van der Waals surface area contributed by atoms with Crippen LogP contribution in [-0.2, 0) is 26.5 Å². The predicted octanol–water partition coefficient (Wildman–Crippen LogP) is 11.5. The minimum atomic E-state index is -0.914. The molecule has 0 unspecified atom stereocenters. The number of phenols is 1. The topological polar surface area (TPSA) is 46.0 Å². The zero-order valence-corrected chi connectivity index (χ0v) is 30.1. The van der Waals surface area contributed by atoms with Gasteiger partial charge in [0.1, 0.15) is 16.6 Å². The summed E-state index contributed by atoms with van der Waals surface area (Å²) in [7, 11) is 0. The minimum Gasteiger partial charge on any atom is -0.507 e. The summed E-state index contributed by atoms with van der Waals surface area (Å²) in [5, 5.41) is 12.0. The summed E-state index contributed by atoms with van der Waals surface area (Å²) in [4.78, 5) is 9.50. The van der Waals surface area contributed by atoms with E-state index in [0.29, 0.717) is 27.4 Å². The Morgan fingerprint density at radius 3 is 2.21 bits per heavy atom. The predicted molar refractivity (Wildman–Crippen MR) is 192 cm³/mol. The molecule has 0 fully saturated rings. The van der Waals surface area contributed by atoms with Gasteiger partial charge in [0.15, 0.2) is 0 Å². The van der Waals surface area contributed by atoms with Crippen LogP contribution in [0.2, 0.25) is 0 Å². The Balaban J connectivity index is 0.00000417. The first-order valence-corrected chi connectivity index (χ1v) is 16.4. The van der Waals surface area contributed by atoms with Crippen LogP contribution < -0.4 is 0 Å². The number of benzene rings is 5. The molecule has 0 amide bonds. The summed E-state index contributed by atoms with van der Waals surface area (Å²) in [6.45, 7) is 8.00. The van der Waals surface area contributed by atoms with Crippen LogP contribution in [-0.4, -0.2) is 15.1 Å². The summed E-state index contributed by atoms with van der Waals surface area (Å²) < 4.78 is 24.8. The average molecular weight is 830 g/mol. The molecule has 0 radical (unpaired) electrons. The molecule has 7 rings (SSSR count). The number of rotatable bonds is 7. The van der Waals surface area contributed by atoms with Gasteiger partial charge in [-0.3, -0.25) is 4.98 Å². The maximum atomic E-state index is 15.0. The van der Waals surface area contributed by atoms with E-state index in [1.165, 1.54) is 23.1 Å². The summed E-state index contributed by atoms with van der Waals surface area (Å²) in [6, 6.07) is 40.7. The molecule has 2 heterocycles. The molecule has 7 aromatic rings. The number of aromatic hydroxyl groups is 1. The molecule has 0 aliphatic heterocycles. The molecule has 1 N–H and O–H groups in total. The normalized spacial score (nSPS) is 12.1. The number of fused-ring (bicyclic) bond motifs is 1. The van der Waals surface area contributed by atoms with Crippen LogP contribution in [0.15, 0.2) is 121 Å². The number of aromatic nitrogens is 2. The fourth-order valence-corrected chi connectivity index (χ4v) is 7.00. The number of pyridine rings is 1. The van der Waals surface area contributed by atoms with E-state index >= 15 is 0 Å². The van der Waals surface area contributed by atoms with Gasteiger partial charge in [-0.15, -0.1) is 40.7 Å². The first kappa shape index (κ1) is 32.1. The van der Waals surface area contributed by atoms with Gasteiger partial charge in [0, 0.05) is 43.8 Å². The molecule has 48 heavy (non-hydrogen) atoms. The Hall–Kier alpha value is -4.44. The Morgan fingerprint density at radius 2 is 1.50 bits per heavy atom. The molecule has 0 saturated heterocycles. The molecule has 0 atom stereocenters. The molecule has 3 nitrogen and oxygen atoms in total. The Kier molecular flexibility index (Phi) is 9.09. The molecule has 0 spiro atoms. The SMILES string of the molecule is [2H]C(C)(C)c1cc(-c2cc(-c3ccccc3)c(F)cn2)[c-]c(-c2cccc3sc(-c4ccc(C(C)(C)c5ccccc5)cc4O)nc23)c1.[Pt]. The van der Waals surface area contributed by atoms with Crippen molar-refractivity contribution in [2.75, 3.05) is 0 Å². The van der Waals surface area contributed by atoms with E-state index in [0.717, 1.165) is 38.0 Å². The number of halogens is 1. The summed E-state index contributed by atoms with van der Waals surface area (Å²) >= 11 is 1.52. The first-order valence-electron chi connectivity index (χ1n) is 16.1. The number of thiazole rings is 1. The molecule has 242 valence electrons. The fourth-order valence-electron chi connectivity index (χ4n) is 5.97. The van der Waals surface area contributed by atoms with Crippen molar-refractivity contribution < 1.29 is 31.9 Å². The molecule has 2 aromatic heterocycles. The Bertz CT molecular complexity index is 2280. The van der Waals surface area contributed by atoms with E-state index in [1.54, 1.807) is 6.07 Å². The zero-order chi connectivity index (χ0) is 33.6.